The molecule has 1 aliphatic rings. The Bertz CT molecular complexity index is 1390. The van der Waals surface area contributed by atoms with Crippen LogP contribution in [0.2, 0.25) is 0 Å². The molecule has 0 aliphatic heterocycles. The van der Waals surface area contributed by atoms with Gasteiger partial charge in [-0.3, -0.25) is 24.0 Å². The van der Waals surface area contributed by atoms with Gasteiger partial charge in [0.2, 0.25) is 17.7 Å². The topological polar surface area (TPSA) is 162 Å². The third-order valence-electron chi connectivity index (χ3n) is 7.15. The van der Waals surface area contributed by atoms with Crippen LogP contribution in [0, 0.1) is 17.8 Å². The molecule has 0 heterocycles. The number of carbonyl (C=O) groups excluding carboxylic acids is 3. The number of rotatable bonds is 10. The molecule has 3 aromatic carbocycles. The van der Waals surface area contributed by atoms with Crippen molar-refractivity contribution in [2.24, 2.45) is 17.8 Å². The molecule has 0 aromatic heterocycles. The molecular weight excluding hydrogens is 514 g/mol. The van der Waals surface area contributed by atoms with E-state index in [2.05, 4.69) is 16.0 Å². The van der Waals surface area contributed by atoms with Crippen LogP contribution in [0.4, 0.5) is 5.69 Å². The Kier molecular flexibility index (Phi) is 9.11. The van der Waals surface area contributed by atoms with Crippen LogP contribution in [-0.4, -0.2) is 52.5 Å². The monoisotopic (exact) mass is 545 g/mol. The summed E-state index contributed by atoms with van der Waals surface area (Å²) in [5.41, 5.74) is 1.34. The smallest absolute Gasteiger partial charge is 0.306 e. The van der Waals surface area contributed by atoms with Gasteiger partial charge in [0.1, 0.15) is 6.04 Å². The van der Waals surface area contributed by atoms with Gasteiger partial charge in [0.15, 0.2) is 0 Å². The molecule has 10 heteroatoms. The fourth-order valence-corrected chi connectivity index (χ4v) is 5.05. The Labute approximate surface area is 230 Å². The number of carboxylic acid groups (broad SMARTS) is 2. The lowest BCUT2D eigenvalue weighted by molar-refractivity contribution is -0.150. The summed E-state index contributed by atoms with van der Waals surface area (Å²) in [5, 5.41) is 28.9. The zero-order valence-electron chi connectivity index (χ0n) is 21.7. The van der Waals surface area contributed by atoms with Crippen LogP contribution in [-0.2, 0) is 30.4 Å². The van der Waals surface area contributed by atoms with Crippen molar-refractivity contribution in [1.29, 1.82) is 0 Å². The van der Waals surface area contributed by atoms with Crippen molar-refractivity contribution >= 4 is 46.1 Å². The molecule has 3 amide bonds. The predicted octanol–water partition coefficient (Wildman–Crippen LogP) is 2.82. The molecule has 0 saturated heterocycles. The molecule has 0 spiro atoms. The van der Waals surface area contributed by atoms with Gasteiger partial charge >= 0.3 is 11.9 Å². The molecule has 4 atom stereocenters. The molecule has 10 nitrogen and oxygen atoms in total. The summed E-state index contributed by atoms with van der Waals surface area (Å²) in [5.74, 6) is -6.75. The number of nitrogens with one attached hydrogen (secondary N) is 3. The van der Waals surface area contributed by atoms with Gasteiger partial charge in [-0.05, 0) is 47.7 Å². The van der Waals surface area contributed by atoms with Crippen LogP contribution in [0.3, 0.4) is 0 Å². The van der Waals surface area contributed by atoms with Gasteiger partial charge in [0.25, 0.3) is 0 Å². The van der Waals surface area contributed by atoms with E-state index in [4.69, 9.17) is 0 Å². The molecule has 1 unspecified atom stereocenters. The molecular formula is C30H31N3O7. The SMILES string of the molecule is O=C(CNC(=O)[C@H](Cc1ccccc1)NC(=O)C1C[C@@H](C(=O)O)C[C@@H](C(=O)O)C1)Nc1ccc2ccccc2c1. The van der Waals surface area contributed by atoms with E-state index in [-0.39, 0.29) is 32.2 Å². The highest BCUT2D eigenvalue weighted by Crippen LogP contribution is 2.34. The van der Waals surface area contributed by atoms with Crippen molar-refractivity contribution in [2.75, 3.05) is 11.9 Å². The maximum Gasteiger partial charge on any atom is 0.306 e. The number of amides is 3. The average Bonchev–Trinajstić information content (AvgIpc) is 2.95. The highest BCUT2D eigenvalue weighted by atomic mass is 16.4. The Morgan fingerprint density at radius 1 is 0.750 bits per heavy atom. The molecule has 40 heavy (non-hydrogen) atoms. The predicted molar refractivity (Wildman–Crippen MR) is 147 cm³/mol. The molecule has 208 valence electrons. The molecule has 1 fully saturated rings. The summed E-state index contributed by atoms with van der Waals surface area (Å²) in [6.07, 6.45) is 0.0500. The van der Waals surface area contributed by atoms with Crippen LogP contribution < -0.4 is 16.0 Å². The van der Waals surface area contributed by atoms with Crippen molar-refractivity contribution < 1.29 is 34.2 Å². The van der Waals surface area contributed by atoms with Gasteiger partial charge in [0, 0.05) is 18.0 Å². The Morgan fingerprint density at radius 3 is 2.00 bits per heavy atom. The van der Waals surface area contributed by atoms with E-state index in [1.54, 1.807) is 30.3 Å². The fourth-order valence-electron chi connectivity index (χ4n) is 5.05. The minimum Gasteiger partial charge on any atom is -0.481 e. The van der Waals surface area contributed by atoms with E-state index in [1.165, 1.54) is 0 Å². The minimum atomic E-state index is -1.15. The summed E-state index contributed by atoms with van der Waals surface area (Å²) < 4.78 is 0. The lowest BCUT2D eigenvalue weighted by Gasteiger charge is -2.31. The van der Waals surface area contributed by atoms with E-state index >= 15 is 0 Å². The molecule has 0 radical (unpaired) electrons. The number of carboxylic acids is 2. The number of anilines is 1. The van der Waals surface area contributed by atoms with Gasteiger partial charge < -0.3 is 26.2 Å². The number of hydrogen-bond donors (Lipinski definition) is 5. The summed E-state index contributed by atoms with van der Waals surface area (Å²) in [6, 6.07) is 21.1. The summed E-state index contributed by atoms with van der Waals surface area (Å²) in [7, 11) is 0. The van der Waals surface area contributed by atoms with Crippen LogP contribution in [0.1, 0.15) is 24.8 Å². The Morgan fingerprint density at radius 2 is 1.35 bits per heavy atom. The van der Waals surface area contributed by atoms with Crippen molar-refractivity contribution in [3.8, 4) is 0 Å². The van der Waals surface area contributed by atoms with E-state index in [0.29, 0.717) is 5.69 Å². The number of benzene rings is 3. The van der Waals surface area contributed by atoms with E-state index < -0.39 is 53.5 Å². The largest absolute Gasteiger partial charge is 0.481 e. The lowest BCUT2D eigenvalue weighted by Crippen LogP contribution is -2.52. The minimum absolute atomic E-state index is 0.0151. The number of hydrogen-bond acceptors (Lipinski definition) is 5. The highest BCUT2D eigenvalue weighted by molar-refractivity contribution is 5.98. The zero-order chi connectivity index (χ0) is 28.6. The second kappa shape index (κ2) is 12.9. The van der Waals surface area contributed by atoms with Gasteiger partial charge in [0.05, 0.1) is 18.4 Å². The first-order valence-electron chi connectivity index (χ1n) is 13.1. The van der Waals surface area contributed by atoms with E-state index in [1.807, 2.05) is 42.5 Å². The first-order chi connectivity index (χ1) is 19.2. The van der Waals surface area contributed by atoms with Crippen LogP contribution >= 0.6 is 0 Å². The molecule has 0 bridgehead atoms. The van der Waals surface area contributed by atoms with Gasteiger partial charge in [-0.25, -0.2) is 0 Å². The third-order valence-corrected chi connectivity index (χ3v) is 7.15. The maximum absolute atomic E-state index is 13.2. The van der Waals surface area contributed by atoms with Crippen molar-refractivity contribution in [3.63, 3.8) is 0 Å². The third kappa shape index (κ3) is 7.43. The average molecular weight is 546 g/mol. The normalized spacial score (nSPS) is 19.2. The molecule has 1 saturated carbocycles. The summed E-state index contributed by atoms with van der Waals surface area (Å²) >= 11 is 0. The first-order valence-corrected chi connectivity index (χ1v) is 13.1. The quantitative estimate of drug-likeness (QED) is 0.262. The fraction of sp³-hybridized carbons (Fsp3) is 0.300. The van der Waals surface area contributed by atoms with Crippen LogP contribution in [0.15, 0.2) is 72.8 Å². The molecule has 1 aliphatic carbocycles. The first kappa shape index (κ1) is 28.3. The molecule has 4 rings (SSSR count). The number of fused-ring (bicyclic) bond motifs is 1. The maximum atomic E-state index is 13.2. The second-order valence-electron chi connectivity index (χ2n) is 10.1. The van der Waals surface area contributed by atoms with Crippen molar-refractivity contribution in [2.45, 2.75) is 31.7 Å². The highest BCUT2D eigenvalue weighted by Gasteiger charge is 2.40. The Hall–Kier alpha value is -4.73. The second-order valence-corrected chi connectivity index (χ2v) is 10.1. The number of carbonyl (C=O) groups is 5. The van der Waals surface area contributed by atoms with Crippen molar-refractivity contribution in [1.82, 2.24) is 10.6 Å². The van der Waals surface area contributed by atoms with Crippen molar-refractivity contribution in [3.05, 3.63) is 78.4 Å². The molecule has 5 N–H and O–H groups in total. The lowest BCUT2D eigenvalue weighted by atomic mass is 9.74. The number of aliphatic carboxylic acids is 2. The van der Waals surface area contributed by atoms with Gasteiger partial charge in [-0.15, -0.1) is 0 Å². The van der Waals surface area contributed by atoms with Gasteiger partial charge in [-0.1, -0.05) is 60.7 Å². The molecule has 3 aromatic rings. The Balaban J connectivity index is 1.41. The van der Waals surface area contributed by atoms with Crippen LogP contribution in [0.5, 0.6) is 0 Å². The van der Waals surface area contributed by atoms with Gasteiger partial charge in [-0.2, -0.15) is 0 Å². The summed E-state index contributed by atoms with van der Waals surface area (Å²) in [4.78, 5) is 62.1. The van der Waals surface area contributed by atoms with E-state index in [9.17, 15) is 34.2 Å². The van der Waals surface area contributed by atoms with Crippen LogP contribution in [0.25, 0.3) is 10.8 Å². The van der Waals surface area contributed by atoms with E-state index in [0.717, 1.165) is 16.3 Å². The standard InChI is InChI=1S/C30H31N3O7/c34-26(32-24-11-10-19-8-4-5-9-20(19)16-24)17-31-28(36)25(12-18-6-2-1-3-7-18)33-27(35)21-13-22(29(37)38)15-23(14-21)30(39)40/h1-11,16,21-23,25H,12-15,17H2,(H,31,36)(H,32,34)(H,33,35)(H,37,38)(H,39,40)/t21?,22-,23+,25-/m0/s1. The zero-order valence-corrected chi connectivity index (χ0v) is 21.7. The summed E-state index contributed by atoms with van der Waals surface area (Å²) in [6.45, 7) is -0.335.